The van der Waals surface area contributed by atoms with Crippen molar-refractivity contribution in [1.29, 1.82) is 0 Å². The second-order valence-electron chi connectivity index (χ2n) is 5.88. The van der Waals surface area contributed by atoms with Crippen LogP contribution >= 0.6 is 15.9 Å². The van der Waals surface area contributed by atoms with Gasteiger partial charge in [0, 0.05) is 0 Å². The molecule has 1 aliphatic carbocycles. The average molecular weight is 327 g/mol. The van der Waals surface area contributed by atoms with E-state index in [1.165, 1.54) is 12.8 Å². The zero-order valence-electron chi connectivity index (χ0n) is 11.3. The fourth-order valence-electron chi connectivity index (χ4n) is 1.85. The third kappa shape index (κ3) is 3.96. The summed E-state index contributed by atoms with van der Waals surface area (Å²) in [6.45, 7) is 4.23. The standard InChI is InChI=1S/C15H19BrO3/c1-15(2,14(17)18)8-11-5-6-12(16)13(7-11)19-9-10-3-4-10/h5-7,10H,3-4,8-9H2,1-2H3,(H,17,18). The second kappa shape index (κ2) is 5.53. The summed E-state index contributed by atoms with van der Waals surface area (Å²) >= 11 is 3.47. The summed E-state index contributed by atoms with van der Waals surface area (Å²) in [5, 5.41) is 9.17. The van der Waals surface area contributed by atoms with E-state index < -0.39 is 11.4 Å². The number of ether oxygens (including phenoxy) is 1. The Balaban J connectivity index is 2.08. The number of aliphatic carboxylic acids is 1. The number of halogens is 1. The van der Waals surface area contributed by atoms with Crippen LogP contribution in [-0.2, 0) is 11.2 Å². The van der Waals surface area contributed by atoms with Crippen molar-refractivity contribution in [2.75, 3.05) is 6.61 Å². The van der Waals surface area contributed by atoms with Gasteiger partial charge in [-0.1, -0.05) is 6.07 Å². The van der Waals surface area contributed by atoms with Gasteiger partial charge in [0.05, 0.1) is 16.5 Å². The lowest BCUT2D eigenvalue weighted by atomic mass is 9.86. The molecule has 1 fully saturated rings. The smallest absolute Gasteiger partial charge is 0.309 e. The predicted molar refractivity (Wildman–Crippen MR) is 77.5 cm³/mol. The Morgan fingerprint density at radius 3 is 2.74 bits per heavy atom. The number of rotatable bonds is 6. The molecule has 1 saturated carbocycles. The van der Waals surface area contributed by atoms with Crippen LogP contribution in [0.1, 0.15) is 32.3 Å². The highest BCUT2D eigenvalue weighted by Crippen LogP contribution is 2.33. The van der Waals surface area contributed by atoms with Crippen LogP contribution in [-0.4, -0.2) is 17.7 Å². The van der Waals surface area contributed by atoms with Crippen molar-refractivity contribution >= 4 is 21.9 Å². The van der Waals surface area contributed by atoms with Crippen molar-refractivity contribution in [2.45, 2.75) is 33.1 Å². The summed E-state index contributed by atoms with van der Waals surface area (Å²) in [5.74, 6) is 0.729. The molecule has 1 aliphatic rings. The lowest BCUT2D eigenvalue weighted by Gasteiger charge is -2.19. The maximum atomic E-state index is 11.2. The van der Waals surface area contributed by atoms with Gasteiger partial charge in [-0.2, -0.15) is 0 Å². The molecule has 2 rings (SSSR count). The monoisotopic (exact) mass is 326 g/mol. The lowest BCUT2D eigenvalue weighted by Crippen LogP contribution is -2.26. The zero-order chi connectivity index (χ0) is 14.0. The molecule has 0 radical (unpaired) electrons. The van der Waals surface area contributed by atoms with Crippen LogP contribution in [0, 0.1) is 11.3 Å². The molecular formula is C15H19BrO3. The Bertz CT molecular complexity index is 478. The van der Waals surface area contributed by atoms with E-state index in [-0.39, 0.29) is 0 Å². The molecule has 1 N–H and O–H groups in total. The fourth-order valence-corrected chi connectivity index (χ4v) is 2.21. The molecule has 0 spiro atoms. The predicted octanol–water partition coefficient (Wildman–Crippen LogP) is 3.89. The molecule has 0 saturated heterocycles. The van der Waals surface area contributed by atoms with Gasteiger partial charge < -0.3 is 9.84 Å². The largest absolute Gasteiger partial charge is 0.492 e. The van der Waals surface area contributed by atoms with E-state index >= 15 is 0 Å². The van der Waals surface area contributed by atoms with Gasteiger partial charge in [0.1, 0.15) is 5.75 Å². The summed E-state index contributed by atoms with van der Waals surface area (Å²) in [7, 11) is 0. The Labute approximate surface area is 122 Å². The fraction of sp³-hybridized carbons (Fsp3) is 0.533. The van der Waals surface area contributed by atoms with Crippen molar-refractivity contribution in [3.8, 4) is 5.75 Å². The minimum absolute atomic E-state index is 0.495. The summed E-state index contributed by atoms with van der Waals surface area (Å²) in [6.07, 6.45) is 3.00. The third-order valence-electron chi connectivity index (χ3n) is 3.39. The van der Waals surface area contributed by atoms with Gasteiger partial charge >= 0.3 is 5.97 Å². The van der Waals surface area contributed by atoms with Crippen molar-refractivity contribution in [2.24, 2.45) is 11.3 Å². The van der Waals surface area contributed by atoms with E-state index in [2.05, 4.69) is 15.9 Å². The highest BCUT2D eigenvalue weighted by molar-refractivity contribution is 9.10. The zero-order valence-corrected chi connectivity index (χ0v) is 12.9. The molecule has 0 aliphatic heterocycles. The molecule has 19 heavy (non-hydrogen) atoms. The first-order valence-electron chi connectivity index (χ1n) is 6.53. The number of benzene rings is 1. The lowest BCUT2D eigenvalue weighted by molar-refractivity contribution is -0.146. The van der Waals surface area contributed by atoms with Gasteiger partial charge in [-0.25, -0.2) is 0 Å². The van der Waals surface area contributed by atoms with E-state index in [9.17, 15) is 9.90 Å². The minimum Gasteiger partial charge on any atom is -0.492 e. The Morgan fingerprint density at radius 2 is 2.16 bits per heavy atom. The number of carbonyl (C=O) groups is 1. The molecular weight excluding hydrogens is 308 g/mol. The summed E-state index contributed by atoms with van der Waals surface area (Å²) in [4.78, 5) is 11.2. The normalized spacial score (nSPS) is 15.3. The van der Waals surface area contributed by atoms with Gasteiger partial charge in [-0.05, 0) is 72.7 Å². The van der Waals surface area contributed by atoms with Gasteiger partial charge in [0.15, 0.2) is 0 Å². The molecule has 104 valence electrons. The quantitative estimate of drug-likeness (QED) is 0.862. The maximum Gasteiger partial charge on any atom is 0.309 e. The first kappa shape index (κ1) is 14.4. The van der Waals surface area contributed by atoms with Crippen LogP contribution in [0.4, 0.5) is 0 Å². The Morgan fingerprint density at radius 1 is 1.47 bits per heavy atom. The van der Waals surface area contributed by atoms with E-state index in [1.54, 1.807) is 13.8 Å². The van der Waals surface area contributed by atoms with Gasteiger partial charge in [0.25, 0.3) is 0 Å². The van der Waals surface area contributed by atoms with Crippen molar-refractivity contribution in [1.82, 2.24) is 0 Å². The SMILES string of the molecule is CC(C)(Cc1ccc(Br)c(OCC2CC2)c1)C(=O)O. The maximum absolute atomic E-state index is 11.2. The van der Waals surface area contributed by atoms with Gasteiger partial charge in [-0.15, -0.1) is 0 Å². The molecule has 0 amide bonds. The van der Waals surface area contributed by atoms with Crippen LogP contribution in [0.15, 0.2) is 22.7 Å². The average Bonchev–Trinajstić information content (AvgIpc) is 3.13. The molecule has 0 atom stereocenters. The molecule has 1 aromatic carbocycles. The second-order valence-corrected chi connectivity index (χ2v) is 6.74. The molecule has 0 bridgehead atoms. The van der Waals surface area contributed by atoms with Crippen LogP contribution in [0.2, 0.25) is 0 Å². The highest BCUT2D eigenvalue weighted by atomic mass is 79.9. The molecule has 3 nitrogen and oxygen atoms in total. The van der Waals surface area contributed by atoms with Crippen molar-refractivity contribution in [3.05, 3.63) is 28.2 Å². The first-order valence-corrected chi connectivity index (χ1v) is 7.32. The summed E-state index contributed by atoms with van der Waals surface area (Å²) in [5.41, 5.74) is 0.225. The highest BCUT2D eigenvalue weighted by Gasteiger charge is 2.28. The van der Waals surface area contributed by atoms with Gasteiger partial charge in [-0.3, -0.25) is 4.79 Å². The van der Waals surface area contributed by atoms with E-state index in [4.69, 9.17) is 4.74 Å². The third-order valence-corrected chi connectivity index (χ3v) is 4.05. The number of hydrogen-bond donors (Lipinski definition) is 1. The summed E-state index contributed by atoms with van der Waals surface area (Å²) in [6, 6.07) is 5.81. The topological polar surface area (TPSA) is 46.5 Å². The van der Waals surface area contributed by atoms with Crippen LogP contribution in [0.5, 0.6) is 5.75 Å². The first-order chi connectivity index (χ1) is 8.88. The molecule has 0 heterocycles. The van der Waals surface area contributed by atoms with E-state index in [0.29, 0.717) is 12.3 Å². The molecule has 0 unspecified atom stereocenters. The Hall–Kier alpha value is -1.03. The van der Waals surface area contributed by atoms with Crippen molar-refractivity contribution < 1.29 is 14.6 Å². The molecule has 4 heteroatoms. The summed E-state index contributed by atoms with van der Waals surface area (Å²) < 4.78 is 6.70. The van der Waals surface area contributed by atoms with Crippen LogP contribution < -0.4 is 4.74 Å². The van der Waals surface area contributed by atoms with E-state index in [0.717, 1.165) is 22.4 Å². The number of hydrogen-bond acceptors (Lipinski definition) is 2. The van der Waals surface area contributed by atoms with Crippen molar-refractivity contribution in [3.63, 3.8) is 0 Å². The van der Waals surface area contributed by atoms with Crippen LogP contribution in [0.3, 0.4) is 0 Å². The van der Waals surface area contributed by atoms with E-state index in [1.807, 2.05) is 18.2 Å². The van der Waals surface area contributed by atoms with Crippen LogP contribution in [0.25, 0.3) is 0 Å². The minimum atomic E-state index is -0.782. The molecule has 1 aromatic rings. The molecule has 0 aromatic heterocycles. The van der Waals surface area contributed by atoms with Gasteiger partial charge in [0.2, 0.25) is 0 Å². The number of carboxylic acids is 1. The Kier molecular flexibility index (Phi) is 4.19. The number of carboxylic acid groups (broad SMARTS) is 1.